The van der Waals surface area contributed by atoms with E-state index < -0.39 is 11.8 Å². The number of ether oxygens (including phenoxy) is 2. The summed E-state index contributed by atoms with van der Waals surface area (Å²) in [6, 6.07) is 15.1. The van der Waals surface area contributed by atoms with Crippen LogP contribution in [0.1, 0.15) is 5.56 Å². The second-order valence-corrected chi connectivity index (χ2v) is 8.52. The van der Waals surface area contributed by atoms with E-state index in [9.17, 15) is 9.18 Å². The van der Waals surface area contributed by atoms with E-state index in [1.807, 2.05) is 6.07 Å². The molecule has 4 aromatic rings. The van der Waals surface area contributed by atoms with Crippen molar-refractivity contribution in [1.82, 2.24) is 9.97 Å². The number of fused-ring (bicyclic) bond motifs is 1. The predicted octanol–water partition coefficient (Wildman–Crippen LogP) is 5.57. The fourth-order valence-corrected chi connectivity index (χ4v) is 3.98. The van der Waals surface area contributed by atoms with Gasteiger partial charge in [0, 0.05) is 36.6 Å². The fourth-order valence-electron chi connectivity index (χ4n) is 3.76. The largest absolute Gasteiger partial charge is 0.454 e. The average Bonchev–Trinajstić information content (AvgIpc) is 2.90. The number of carbonyl (C=O) groups excluding carboxylic acids is 1. The number of amides is 2. The number of rotatable bonds is 5. The molecule has 0 unspecified atom stereocenters. The van der Waals surface area contributed by atoms with E-state index in [1.54, 1.807) is 30.5 Å². The maximum absolute atomic E-state index is 14.8. The van der Waals surface area contributed by atoms with Crippen molar-refractivity contribution in [1.29, 1.82) is 5.26 Å². The van der Waals surface area contributed by atoms with Crippen LogP contribution >= 0.6 is 11.6 Å². The van der Waals surface area contributed by atoms with Crippen molar-refractivity contribution >= 4 is 45.9 Å². The molecule has 1 aromatic heterocycles. The second-order valence-electron chi connectivity index (χ2n) is 8.11. The zero-order valence-corrected chi connectivity index (χ0v) is 20.1. The summed E-state index contributed by atoms with van der Waals surface area (Å²) in [6.45, 7) is 2.75. The maximum atomic E-state index is 14.8. The lowest BCUT2D eigenvalue weighted by Gasteiger charge is -2.27. The van der Waals surface area contributed by atoms with Gasteiger partial charge in [0.2, 0.25) is 0 Å². The van der Waals surface area contributed by atoms with Crippen molar-refractivity contribution in [2.45, 2.75) is 0 Å². The number of nitriles is 1. The van der Waals surface area contributed by atoms with E-state index in [0.29, 0.717) is 41.2 Å². The molecule has 3 aromatic carbocycles. The minimum atomic E-state index is -0.660. The summed E-state index contributed by atoms with van der Waals surface area (Å²) in [4.78, 5) is 23.5. The highest BCUT2D eigenvalue weighted by atomic mass is 35.5. The number of halogens is 2. The fraction of sp³-hybridized carbons (Fsp3) is 0.154. The Morgan fingerprint density at radius 2 is 1.81 bits per heavy atom. The summed E-state index contributed by atoms with van der Waals surface area (Å²) in [5.74, 6) is 0.473. The van der Waals surface area contributed by atoms with Crippen molar-refractivity contribution < 1.29 is 18.7 Å². The van der Waals surface area contributed by atoms with Crippen molar-refractivity contribution in [2.24, 2.45) is 0 Å². The SMILES string of the molecule is N#Cc1ccc(NC(=O)Nc2ccc(Oc3ccc4ncc(N5CCOCC5)nc4c3)c(F)c2)cc1Cl. The molecule has 2 heterocycles. The van der Waals surface area contributed by atoms with Crippen LogP contribution in [0.5, 0.6) is 11.5 Å². The molecular formula is C26H20ClFN6O3. The number of nitrogens with zero attached hydrogens (tertiary/aromatic N) is 4. The summed E-state index contributed by atoms with van der Waals surface area (Å²) in [5, 5.41) is 14.3. The van der Waals surface area contributed by atoms with Crippen LogP contribution in [0.2, 0.25) is 5.02 Å². The van der Waals surface area contributed by atoms with E-state index in [2.05, 4.69) is 25.5 Å². The molecule has 5 rings (SSSR count). The summed E-state index contributed by atoms with van der Waals surface area (Å²) in [6.07, 6.45) is 1.73. The number of aromatic nitrogens is 2. The first-order chi connectivity index (χ1) is 18.0. The molecule has 9 nitrogen and oxygen atoms in total. The number of carbonyl (C=O) groups is 1. The summed E-state index contributed by atoms with van der Waals surface area (Å²) < 4.78 is 25.9. The van der Waals surface area contributed by atoms with Crippen LogP contribution in [0.25, 0.3) is 11.0 Å². The number of hydrogen-bond donors (Lipinski definition) is 2. The Hall–Kier alpha value is -4.46. The van der Waals surface area contributed by atoms with Gasteiger partial charge in [-0.3, -0.25) is 4.98 Å². The van der Waals surface area contributed by atoms with Crippen LogP contribution in [0.4, 0.5) is 26.4 Å². The van der Waals surface area contributed by atoms with E-state index in [0.717, 1.165) is 25.0 Å². The minimum absolute atomic E-state index is 0.0125. The van der Waals surface area contributed by atoms with Gasteiger partial charge in [0.25, 0.3) is 0 Å². The Labute approximate surface area is 216 Å². The number of urea groups is 1. The lowest BCUT2D eigenvalue weighted by Crippen LogP contribution is -2.36. The smallest absolute Gasteiger partial charge is 0.323 e. The lowest BCUT2D eigenvalue weighted by molar-refractivity contribution is 0.122. The third-order valence-electron chi connectivity index (χ3n) is 5.60. The van der Waals surface area contributed by atoms with Crippen LogP contribution in [-0.4, -0.2) is 42.3 Å². The predicted molar refractivity (Wildman–Crippen MR) is 138 cm³/mol. The first-order valence-corrected chi connectivity index (χ1v) is 11.7. The van der Waals surface area contributed by atoms with Crippen LogP contribution in [0.3, 0.4) is 0 Å². The van der Waals surface area contributed by atoms with Gasteiger partial charge in [0.1, 0.15) is 17.6 Å². The zero-order chi connectivity index (χ0) is 25.8. The van der Waals surface area contributed by atoms with E-state index in [-0.39, 0.29) is 16.5 Å². The third-order valence-corrected chi connectivity index (χ3v) is 5.91. The molecule has 1 fully saturated rings. The monoisotopic (exact) mass is 518 g/mol. The van der Waals surface area contributed by atoms with E-state index >= 15 is 0 Å². The molecule has 1 saturated heterocycles. The molecule has 1 aliphatic heterocycles. The van der Waals surface area contributed by atoms with Crippen LogP contribution in [0.15, 0.2) is 60.8 Å². The molecule has 0 saturated carbocycles. The first-order valence-electron chi connectivity index (χ1n) is 11.3. The van der Waals surface area contributed by atoms with Crippen molar-refractivity contribution in [3.05, 3.63) is 77.2 Å². The minimum Gasteiger partial charge on any atom is -0.454 e. The van der Waals surface area contributed by atoms with E-state index in [4.69, 9.17) is 26.3 Å². The molecule has 1 aliphatic rings. The molecular weight excluding hydrogens is 499 g/mol. The summed E-state index contributed by atoms with van der Waals surface area (Å²) in [5.41, 5.74) is 2.22. The third kappa shape index (κ3) is 5.69. The molecule has 11 heteroatoms. The van der Waals surface area contributed by atoms with E-state index in [1.165, 1.54) is 24.3 Å². The van der Waals surface area contributed by atoms with Crippen LogP contribution in [0, 0.1) is 17.1 Å². The second kappa shape index (κ2) is 10.7. The Morgan fingerprint density at radius 3 is 2.54 bits per heavy atom. The molecule has 0 aliphatic carbocycles. The zero-order valence-electron chi connectivity index (χ0n) is 19.4. The molecule has 37 heavy (non-hydrogen) atoms. The lowest BCUT2D eigenvalue weighted by atomic mass is 10.2. The number of benzene rings is 3. The van der Waals surface area contributed by atoms with Gasteiger partial charge < -0.3 is 25.0 Å². The molecule has 0 radical (unpaired) electrons. The van der Waals surface area contributed by atoms with Gasteiger partial charge in [0.05, 0.1) is 41.0 Å². The van der Waals surface area contributed by atoms with Crippen molar-refractivity contribution in [3.8, 4) is 17.6 Å². The highest BCUT2D eigenvalue weighted by Gasteiger charge is 2.14. The van der Waals surface area contributed by atoms with Gasteiger partial charge >= 0.3 is 6.03 Å². The Bertz CT molecular complexity index is 1520. The molecule has 0 bridgehead atoms. The molecule has 0 atom stereocenters. The molecule has 186 valence electrons. The normalized spacial score (nSPS) is 13.2. The van der Waals surface area contributed by atoms with Gasteiger partial charge in [-0.15, -0.1) is 0 Å². The van der Waals surface area contributed by atoms with Crippen molar-refractivity contribution in [2.75, 3.05) is 41.8 Å². The van der Waals surface area contributed by atoms with Gasteiger partial charge in [-0.2, -0.15) is 5.26 Å². The Kier molecular flexibility index (Phi) is 6.98. The van der Waals surface area contributed by atoms with Crippen LogP contribution < -0.4 is 20.3 Å². The number of nitrogens with one attached hydrogen (secondary N) is 2. The quantitative estimate of drug-likeness (QED) is 0.355. The average molecular weight is 519 g/mol. The van der Waals surface area contributed by atoms with Gasteiger partial charge in [0.15, 0.2) is 11.6 Å². The number of anilines is 3. The van der Waals surface area contributed by atoms with Crippen molar-refractivity contribution in [3.63, 3.8) is 0 Å². The first kappa shape index (κ1) is 24.2. The van der Waals surface area contributed by atoms with Gasteiger partial charge in [-0.05, 0) is 42.5 Å². The molecule has 0 spiro atoms. The molecule has 2 amide bonds. The number of hydrogen-bond acceptors (Lipinski definition) is 7. The van der Waals surface area contributed by atoms with Gasteiger partial charge in [-0.25, -0.2) is 14.2 Å². The topological polar surface area (TPSA) is 112 Å². The number of morpholine rings is 1. The highest BCUT2D eigenvalue weighted by Crippen LogP contribution is 2.29. The molecule has 2 N–H and O–H groups in total. The maximum Gasteiger partial charge on any atom is 0.323 e. The Balaban J connectivity index is 1.26. The summed E-state index contributed by atoms with van der Waals surface area (Å²) in [7, 11) is 0. The van der Waals surface area contributed by atoms with Crippen LogP contribution in [-0.2, 0) is 4.74 Å². The standard InChI is InChI=1S/C26H20ClFN6O3/c27-20-11-17(2-1-16(20)14-29)31-26(35)32-18-3-6-24(21(28)12-18)37-19-4-5-22-23(13-19)33-25(15-30-22)34-7-9-36-10-8-34/h1-6,11-13,15H,7-10H2,(H2,31,32,35). The highest BCUT2D eigenvalue weighted by molar-refractivity contribution is 6.32. The Morgan fingerprint density at radius 1 is 1.05 bits per heavy atom. The van der Waals surface area contributed by atoms with Gasteiger partial charge in [-0.1, -0.05) is 11.6 Å². The summed E-state index contributed by atoms with van der Waals surface area (Å²) >= 11 is 5.98.